The number of nitrogens with zero attached hydrogens (tertiary/aromatic N) is 1. The van der Waals surface area contributed by atoms with Crippen LogP contribution < -0.4 is 4.52 Å². The molecule has 0 radical (unpaired) electrons. The van der Waals surface area contributed by atoms with Crippen LogP contribution in [0.3, 0.4) is 0 Å². The number of rotatable bonds is 3. The second kappa shape index (κ2) is 4.52. The highest BCUT2D eigenvalue weighted by molar-refractivity contribution is 7.39. The van der Waals surface area contributed by atoms with Gasteiger partial charge in [-0.25, -0.2) is 0 Å². The summed E-state index contributed by atoms with van der Waals surface area (Å²) >= 11 is 0. The van der Waals surface area contributed by atoms with Crippen molar-refractivity contribution in [2.45, 2.75) is 5.92 Å². The number of H-pyrrole nitrogens is 1. The van der Waals surface area contributed by atoms with Gasteiger partial charge in [0, 0.05) is 36.1 Å². The zero-order valence-electron chi connectivity index (χ0n) is 10.00. The molecule has 0 unspecified atom stereocenters. The van der Waals surface area contributed by atoms with Crippen molar-refractivity contribution < 1.29 is 14.3 Å². The van der Waals surface area contributed by atoms with Crippen LogP contribution in [0.5, 0.6) is 5.75 Å². The normalized spacial score (nSPS) is 17.3. The van der Waals surface area contributed by atoms with E-state index in [2.05, 4.69) is 16.9 Å². The topological polar surface area (TPSA) is 68.7 Å². The number of nitrogens with one attached hydrogen (secondary N) is 1. The maximum Gasteiger partial charge on any atom is 0.391 e. The number of likely N-dealkylation sites (N-methyl/N-ethyl adjacent to an activating group) is 1. The SMILES string of the molecule is CN1CC(c2c[nH]c3cccc(OP(O)O)c23)C1. The Bertz CT molecular complexity index is 563. The number of aromatic nitrogens is 1. The van der Waals surface area contributed by atoms with Crippen LogP contribution in [0.1, 0.15) is 11.5 Å². The summed E-state index contributed by atoms with van der Waals surface area (Å²) in [6.45, 7) is 2.04. The lowest BCUT2D eigenvalue weighted by molar-refractivity contribution is 0.190. The van der Waals surface area contributed by atoms with Gasteiger partial charge in [0.15, 0.2) is 0 Å². The smallest absolute Gasteiger partial charge is 0.391 e. The number of hydrogen-bond acceptors (Lipinski definition) is 4. The van der Waals surface area contributed by atoms with E-state index in [1.54, 1.807) is 6.07 Å². The highest BCUT2D eigenvalue weighted by Gasteiger charge is 2.28. The summed E-state index contributed by atoms with van der Waals surface area (Å²) < 4.78 is 5.11. The molecular weight excluding hydrogens is 251 g/mol. The zero-order chi connectivity index (χ0) is 12.7. The highest BCUT2D eigenvalue weighted by Crippen LogP contribution is 2.40. The number of aromatic amines is 1. The Morgan fingerprint density at radius 1 is 1.39 bits per heavy atom. The molecule has 0 amide bonds. The standard InChI is InChI=1S/C12H15N2O3P/c1-14-6-8(7-14)9-5-13-10-3-2-4-11(12(9)10)17-18(15)16/h2-5,8,13,15-16H,6-7H2,1H3. The third-order valence-corrected chi connectivity index (χ3v) is 3.74. The van der Waals surface area contributed by atoms with E-state index in [1.165, 1.54) is 5.56 Å². The van der Waals surface area contributed by atoms with Crippen molar-refractivity contribution in [2.75, 3.05) is 20.1 Å². The molecular formula is C12H15N2O3P. The molecule has 1 aromatic heterocycles. The van der Waals surface area contributed by atoms with Gasteiger partial charge in [-0.15, -0.1) is 0 Å². The van der Waals surface area contributed by atoms with Crippen molar-refractivity contribution in [3.05, 3.63) is 30.0 Å². The van der Waals surface area contributed by atoms with E-state index in [1.807, 2.05) is 18.3 Å². The molecule has 0 atom stereocenters. The van der Waals surface area contributed by atoms with Crippen molar-refractivity contribution in [1.82, 2.24) is 9.88 Å². The van der Waals surface area contributed by atoms with Crippen LogP contribution in [-0.2, 0) is 0 Å². The fourth-order valence-electron chi connectivity index (χ4n) is 2.56. The Balaban J connectivity index is 2.04. The molecule has 96 valence electrons. The van der Waals surface area contributed by atoms with Crippen LogP contribution in [0.25, 0.3) is 10.9 Å². The fraction of sp³-hybridized carbons (Fsp3) is 0.333. The van der Waals surface area contributed by atoms with Gasteiger partial charge in [0.1, 0.15) is 5.75 Å². The van der Waals surface area contributed by atoms with Crippen LogP contribution in [0.2, 0.25) is 0 Å². The third kappa shape index (κ3) is 1.99. The summed E-state index contributed by atoms with van der Waals surface area (Å²) in [6.07, 6.45) is 1.99. The molecule has 5 nitrogen and oxygen atoms in total. The third-order valence-electron chi connectivity index (χ3n) is 3.38. The van der Waals surface area contributed by atoms with Gasteiger partial charge in [0.25, 0.3) is 0 Å². The van der Waals surface area contributed by atoms with Crippen molar-refractivity contribution in [1.29, 1.82) is 0 Å². The summed E-state index contributed by atoms with van der Waals surface area (Å²) in [5.41, 5.74) is 2.16. The number of benzene rings is 1. The molecule has 3 N–H and O–H groups in total. The molecule has 1 aliphatic heterocycles. The molecule has 1 fully saturated rings. The summed E-state index contributed by atoms with van der Waals surface area (Å²) in [5.74, 6) is 1.02. The maximum absolute atomic E-state index is 9.03. The number of fused-ring (bicyclic) bond motifs is 1. The molecule has 6 heteroatoms. The Labute approximate surface area is 106 Å². The number of likely N-dealkylation sites (tertiary alicyclic amines) is 1. The van der Waals surface area contributed by atoms with E-state index < -0.39 is 8.60 Å². The van der Waals surface area contributed by atoms with Gasteiger partial charge in [-0.05, 0) is 24.7 Å². The first-order chi connectivity index (χ1) is 8.65. The summed E-state index contributed by atoms with van der Waals surface area (Å²) in [7, 11) is -0.295. The lowest BCUT2D eigenvalue weighted by Gasteiger charge is -2.36. The Morgan fingerprint density at radius 2 is 2.17 bits per heavy atom. The Kier molecular flexibility index (Phi) is 2.99. The van der Waals surface area contributed by atoms with E-state index in [0.29, 0.717) is 11.7 Å². The van der Waals surface area contributed by atoms with Gasteiger partial charge in [-0.2, -0.15) is 0 Å². The summed E-state index contributed by atoms with van der Waals surface area (Å²) in [6, 6.07) is 5.57. The molecule has 0 spiro atoms. The first-order valence-corrected chi connectivity index (χ1v) is 6.96. The number of hydrogen-bond donors (Lipinski definition) is 3. The largest absolute Gasteiger partial charge is 0.426 e. The average Bonchev–Trinajstić information content (AvgIpc) is 2.69. The van der Waals surface area contributed by atoms with Gasteiger partial charge in [-0.3, -0.25) is 0 Å². The molecule has 0 saturated carbocycles. The predicted octanol–water partition coefficient (Wildman–Crippen LogP) is 1.79. The Morgan fingerprint density at radius 3 is 2.83 bits per heavy atom. The minimum atomic E-state index is -2.38. The second-order valence-electron chi connectivity index (χ2n) is 4.68. The molecule has 0 bridgehead atoms. The molecule has 2 heterocycles. The molecule has 2 aromatic rings. The molecule has 0 aliphatic carbocycles. The van der Waals surface area contributed by atoms with Gasteiger partial charge >= 0.3 is 8.60 Å². The molecule has 3 rings (SSSR count). The lowest BCUT2D eigenvalue weighted by atomic mass is 9.91. The van der Waals surface area contributed by atoms with E-state index in [0.717, 1.165) is 24.0 Å². The van der Waals surface area contributed by atoms with E-state index >= 15 is 0 Å². The van der Waals surface area contributed by atoms with Gasteiger partial charge in [0.05, 0.1) is 0 Å². The van der Waals surface area contributed by atoms with E-state index in [4.69, 9.17) is 14.3 Å². The molecule has 1 aliphatic rings. The van der Waals surface area contributed by atoms with Crippen LogP contribution in [0.4, 0.5) is 0 Å². The van der Waals surface area contributed by atoms with Crippen molar-refractivity contribution in [3.8, 4) is 5.75 Å². The minimum Gasteiger partial charge on any atom is -0.426 e. The molecule has 1 aromatic carbocycles. The lowest BCUT2D eigenvalue weighted by Crippen LogP contribution is -2.41. The van der Waals surface area contributed by atoms with Crippen molar-refractivity contribution in [3.63, 3.8) is 0 Å². The average molecular weight is 266 g/mol. The predicted molar refractivity (Wildman–Crippen MR) is 70.5 cm³/mol. The Hall–Kier alpha value is -1.13. The van der Waals surface area contributed by atoms with E-state index in [-0.39, 0.29) is 0 Å². The zero-order valence-corrected chi connectivity index (χ0v) is 10.9. The van der Waals surface area contributed by atoms with Crippen LogP contribution in [-0.4, -0.2) is 39.8 Å². The summed E-state index contributed by atoms with van der Waals surface area (Å²) in [4.78, 5) is 23.5. The first-order valence-electron chi connectivity index (χ1n) is 5.79. The molecule has 18 heavy (non-hydrogen) atoms. The summed E-state index contributed by atoms with van der Waals surface area (Å²) in [5, 5.41) is 0.964. The van der Waals surface area contributed by atoms with Crippen LogP contribution in [0, 0.1) is 0 Å². The monoisotopic (exact) mass is 266 g/mol. The van der Waals surface area contributed by atoms with Crippen molar-refractivity contribution in [2.24, 2.45) is 0 Å². The van der Waals surface area contributed by atoms with Crippen LogP contribution >= 0.6 is 8.60 Å². The van der Waals surface area contributed by atoms with Crippen molar-refractivity contribution >= 4 is 19.5 Å². The highest BCUT2D eigenvalue weighted by atomic mass is 31.2. The van der Waals surface area contributed by atoms with Crippen LogP contribution in [0.15, 0.2) is 24.4 Å². The molecule has 1 saturated heterocycles. The van der Waals surface area contributed by atoms with Gasteiger partial charge in [0.2, 0.25) is 0 Å². The first kappa shape index (κ1) is 11.9. The minimum absolute atomic E-state index is 0.483. The quantitative estimate of drug-likeness (QED) is 0.741. The van der Waals surface area contributed by atoms with Gasteiger partial charge < -0.3 is 24.2 Å². The van der Waals surface area contributed by atoms with Gasteiger partial charge in [-0.1, -0.05) is 6.07 Å². The fourth-order valence-corrected chi connectivity index (χ4v) is 2.89. The maximum atomic E-state index is 9.03. The van der Waals surface area contributed by atoms with E-state index in [9.17, 15) is 0 Å². The second-order valence-corrected chi connectivity index (χ2v) is 5.37.